The van der Waals surface area contributed by atoms with E-state index in [1.165, 1.54) is 0 Å². The molecule has 2 aromatic heterocycles. The monoisotopic (exact) mass is 436 g/mol. The van der Waals surface area contributed by atoms with E-state index < -0.39 is 0 Å². The van der Waals surface area contributed by atoms with Gasteiger partial charge in [-0.2, -0.15) is 0 Å². The first-order valence-electron chi connectivity index (χ1n) is 11.2. The summed E-state index contributed by atoms with van der Waals surface area (Å²) in [7, 11) is 1.63. The third kappa shape index (κ3) is 3.74. The minimum absolute atomic E-state index is 0.0674. The Hall–Kier alpha value is -3.29. The molecule has 1 amide bonds. The van der Waals surface area contributed by atoms with Crippen LogP contribution < -0.4 is 19.5 Å². The zero-order chi connectivity index (χ0) is 22.2. The molecular weight excluding hydrogens is 408 g/mol. The Morgan fingerprint density at radius 3 is 2.84 bits per heavy atom. The van der Waals surface area contributed by atoms with Crippen LogP contribution >= 0.6 is 0 Å². The highest BCUT2D eigenvalue weighted by molar-refractivity contribution is 5.86. The van der Waals surface area contributed by atoms with Crippen molar-refractivity contribution < 1.29 is 19.0 Å². The van der Waals surface area contributed by atoms with Gasteiger partial charge in [-0.15, -0.1) is 0 Å². The van der Waals surface area contributed by atoms with E-state index in [-0.39, 0.29) is 17.9 Å². The van der Waals surface area contributed by atoms with Crippen LogP contribution in [0.2, 0.25) is 0 Å². The van der Waals surface area contributed by atoms with Crippen LogP contribution in [-0.4, -0.2) is 46.8 Å². The number of nitrogens with zero attached hydrogens (tertiary/aromatic N) is 3. The fourth-order valence-electron chi connectivity index (χ4n) is 4.30. The van der Waals surface area contributed by atoms with E-state index in [2.05, 4.69) is 14.9 Å². The molecule has 0 radical (unpaired) electrons. The number of carbonyl (C=O) groups excluding carboxylic acids is 1. The summed E-state index contributed by atoms with van der Waals surface area (Å²) in [6, 6.07) is 8.18. The molecular formula is C24H28N4O4. The molecule has 0 bridgehead atoms. The first-order valence-corrected chi connectivity index (χ1v) is 11.2. The number of ether oxygens (including phenoxy) is 3. The summed E-state index contributed by atoms with van der Waals surface area (Å²) in [5.74, 6) is 2.02. The molecule has 168 valence electrons. The van der Waals surface area contributed by atoms with Crippen molar-refractivity contribution in [3.63, 3.8) is 0 Å². The van der Waals surface area contributed by atoms with Crippen molar-refractivity contribution >= 4 is 16.9 Å². The second-order valence-corrected chi connectivity index (χ2v) is 8.42. The number of nitrogens with one attached hydrogen (secondary N) is 1. The van der Waals surface area contributed by atoms with Crippen molar-refractivity contribution in [1.29, 1.82) is 0 Å². The van der Waals surface area contributed by atoms with Gasteiger partial charge in [0.1, 0.15) is 11.6 Å². The lowest BCUT2D eigenvalue weighted by Crippen LogP contribution is -2.26. The summed E-state index contributed by atoms with van der Waals surface area (Å²) in [5, 5.41) is 2.89. The van der Waals surface area contributed by atoms with Gasteiger partial charge in [0.15, 0.2) is 11.5 Å². The van der Waals surface area contributed by atoms with Gasteiger partial charge in [0.2, 0.25) is 11.8 Å². The van der Waals surface area contributed by atoms with E-state index in [4.69, 9.17) is 19.2 Å². The number of aromatic nitrogens is 3. The third-order valence-electron chi connectivity index (χ3n) is 6.19. The number of hydrogen-bond donors (Lipinski definition) is 1. The van der Waals surface area contributed by atoms with Crippen molar-refractivity contribution in [2.45, 2.75) is 45.3 Å². The summed E-state index contributed by atoms with van der Waals surface area (Å²) < 4.78 is 20.0. The largest absolute Gasteiger partial charge is 0.492 e. The van der Waals surface area contributed by atoms with Gasteiger partial charge in [-0.1, -0.05) is 6.07 Å². The lowest BCUT2D eigenvalue weighted by atomic mass is 10.0. The number of pyridine rings is 1. The first-order chi connectivity index (χ1) is 15.6. The Balaban J connectivity index is 1.60. The minimum Gasteiger partial charge on any atom is -0.492 e. The van der Waals surface area contributed by atoms with E-state index >= 15 is 0 Å². The molecule has 0 spiro atoms. The Morgan fingerprint density at radius 1 is 1.31 bits per heavy atom. The van der Waals surface area contributed by atoms with Crippen LogP contribution in [0.25, 0.3) is 22.3 Å². The lowest BCUT2D eigenvalue weighted by molar-refractivity contribution is -0.119. The predicted molar refractivity (Wildman–Crippen MR) is 120 cm³/mol. The molecule has 1 saturated heterocycles. The van der Waals surface area contributed by atoms with Crippen molar-refractivity contribution in [1.82, 2.24) is 19.9 Å². The summed E-state index contributed by atoms with van der Waals surface area (Å²) >= 11 is 0. The molecule has 3 heterocycles. The van der Waals surface area contributed by atoms with Gasteiger partial charge in [0.05, 0.1) is 31.3 Å². The second kappa shape index (κ2) is 8.33. The summed E-state index contributed by atoms with van der Waals surface area (Å²) in [6.07, 6.45) is 4.44. The van der Waals surface area contributed by atoms with Crippen LogP contribution in [0.1, 0.15) is 39.2 Å². The Morgan fingerprint density at radius 2 is 2.16 bits per heavy atom. The Kier molecular flexibility index (Phi) is 5.36. The van der Waals surface area contributed by atoms with Gasteiger partial charge in [-0.05, 0) is 44.9 Å². The van der Waals surface area contributed by atoms with E-state index in [9.17, 15) is 4.79 Å². The molecule has 8 heteroatoms. The fourth-order valence-corrected chi connectivity index (χ4v) is 4.30. The number of rotatable bonds is 8. The average Bonchev–Trinajstić information content (AvgIpc) is 3.39. The quantitative estimate of drug-likeness (QED) is 0.579. The van der Waals surface area contributed by atoms with Crippen molar-refractivity contribution in [2.24, 2.45) is 5.92 Å². The highest BCUT2D eigenvalue weighted by Crippen LogP contribution is 2.42. The zero-order valence-corrected chi connectivity index (χ0v) is 18.6. The number of carbonyl (C=O) groups is 1. The van der Waals surface area contributed by atoms with Gasteiger partial charge < -0.3 is 24.1 Å². The SMILES string of the molecule is CCOc1cccc(-c2cc3ncn(C4CC4)c3c(O[C@H](C)[C@H]3CNC(=O)C3)n2)c1OC. The summed E-state index contributed by atoms with van der Waals surface area (Å²) in [6.45, 7) is 5.10. The number of hydrogen-bond acceptors (Lipinski definition) is 6. The molecule has 2 aliphatic rings. The average molecular weight is 437 g/mol. The van der Waals surface area contributed by atoms with Crippen LogP contribution in [0.4, 0.5) is 0 Å². The molecule has 32 heavy (non-hydrogen) atoms. The zero-order valence-electron chi connectivity index (χ0n) is 18.6. The standard InChI is InChI=1S/C24H28N4O4/c1-4-31-20-7-5-6-17(23(20)30-3)18-11-19-22(28(13-26-19)16-8-9-16)24(27-18)32-14(2)15-10-21(29)25-12-15/h5-7,11,13-16H,4,8-10,12H2,1-3H3,(H,25,29)/t14-,15-/m1/s1. The van der Waals surface area contributed by atoms with Gasteiger partial charge in [-0.3, -0.25) is 4.79 Å². The smallest absolute Gasteiger partial charge is 0.241 e. The molecule has 1 N–H and O–H groups in total. The van der Waals surface area contributed by atoms with Crippen molar-refractivity contribution in [2.75, 3.05) is 20.3 Å². The lowest BCUT2D eigenvalue weighted by Gasteiger charge is -2.21. The Labute approximate surface area is 186 Å². The molecule has 2 fully saturated rings. The molecule has 2 atom stereocenters. The molecule has 3 aromatic rings. The number of benzene rings is 1. The number of imidazole rings is 1. The molecule has 1 saturated carbocycles. The highest BCUT2D eigenvalue weighted by atomic mass is 16.5. The van der Waals surface area contributed by atoms with Gasteiger partial charge in [-0.25, -0.2) is 9.97 Å². The van der Waals surface area contributed by atoms with E-state index in [1.54, 1.807) is 7.11 Å². The van der Waals surface area contributed by atoms with Crippen LogP contribution in [0, 0.1) is 5.92 Å². The van der Waals surface area contributed by atoms with Crippen molar-refractivity contribution in [3.05, 3.63) is 30.6 Å². The number of para-hydroxylation sites is 1. The van der Waals surface area contributed by atoms with Crippen LogP contribution in [0.5, 0.6) is 17.4 Å². The normalized spacial score (nSPS) is 19.1. The maximum Gasteiger partial charge on any atom is 0.241 e. The van der Waals surface area contributed by atoms with Gasteiger partial charge in [0.25, 0.3) is 0 Å². The number of amides is 1. The van der Waals surface area contributed by atoms with Crippen LogP contribution in [0.15, 0.2) is 30.6 Å². The highest BCUT2D eigenvalue weighted by Gasteiger charge is 2.31. The molecule has 0 unspecified atom stereocenters. The maximum atomic E-state index is 11.7. The van der Waals surface area contributed by atoms with Gasteiger partial charge in [0, 0.05) is 30.5 Å². The molecule has 1 aliphatic carbocycles. The molecule has 1 aliphatic heterocycles. The topological polar surface area (TPSA) is 87.5 Å². The van der Waals surface area contributed by atoms with Crippen LogP contribution in [-0.2, 0) is 4.79 Å². The third-order valence-corrected chi connectivity index (χ3v) is 6.19. The fraction of sp³-hybridized carbons (Fsp3) is 0.458. The molecule has 5 rings (SSSR count). The Bertz CT molecular complexity index is 1150. The van der Waals surface area contributed by atoms with E-state index in [0.29, 0.717) is 48.7 Å². The van der Waals surface area contributed by atoms with Crippen molar-refractivity contribution in [3.8, 4) is 28.6 Å². The minimum atomic E-state index is -0.167. The number of methoxy groups -OCH3 is 1. The second-order valence-electron chi connectivity index (χ2n) is 8.42. The summed E-state index contributed by atoms with van der Waals surface area (Å²) in [5.41, 5.74) is 3.25. The first kappa shape index (κ1) is 20.6. The summed E-state index contributed by atoms with van der Waals surface area (Å²) in [4.78, 5) is 21.3. The molecule has 8 nitrogen and oxygen atoms in total. The molecule has 1 aromatic carbocycles. The predicted octanol–water partition coefficient (Wildman–Crippen LogP) is 3.74. The van der Waals surface area contributed by atoms with E-state index in [0.717, 1.165) is 29.4 Å². The van der Waals surface area contributed by atoms with E-state index in [1.807, 2.05) is 44.4 Å². The van der Waals surface area contributed by atoms with Gasteiger partial charge >= 0.3 is 0 Å². The van der Waals surface area contributed by atoms with Crippen LogP contribution in [0.3, 0.4) is 0 Å². The maximum absolute atomic E-state index is 11.7. The number of fused-ring (bicyclic) bond motifs is 1.